The van der Waals surface area contributed by atoms with Gasteiger partial charge in [-0.15, -0.1) is 0 Å². The van der Waals surface area contributed by atoms with Crippen molar-refractivity contribution in [3.05, 3.63) is 23.8 Å². The minimum absolute atomic E-state index is 0.261. The summed E-state index contributed by atoms with van der Waals surface area (Å²) in [5.74, 6) is 0.821. The summed E-state index contributed by atoms with van der Waals surface area (Å²) in [6, 6.07) is 7.78. The molecular weight excluding hydrogens is 190 g/mol. The average molecular weight is 203 g/mol. The van der Waals surface area contributed by atoms with Crippen LogP contribution in [0.1, 0.15) is 5.56 Å². The van der Waals surface area contributed by atoms with Crippen LogP contribution in [0.4, 0.5) is 5.69 Å². The zero-order valence-corrected chi connectivity index (χ0v) is 8.58. The predicted octanol–water partition coefficient (Wildman–Crippen LogP) is 0.951. The molecule has 0 bridgehead atoms. The molecule has 0 aliphatic carbocycles. The first-order valence-electron chi connectivity index (χ1n) is 4.91. The van der Waals surface area contributed by atoms with Crippen molar-refractivity contribution in [2.75, 3.05) is 25.5 Å². The minimum atomic E-state index is 0.261. The number of likely N-dealkylation sites (N-methyl/N-ethyl adjacent to an activating group) is 1. The molecule has 1 aliphatic heterocycles. The third-order valence-electron chi connectivity index (χ3n) is 2.36. The first-order chi connectivity index (χ1) is 7.33. The second-order valence-corrected chi connectivity index (χ2v) is 3.53. The molecule has 0 amide bonds. The monoisotopic (exact) mass is 203 g/mol. The molecule has 78 valence electrons. The normalized spacial score (nSPS) is 18.3. The summed E-state index contributed by atoms with van der Waals surface area (Å²) in [4.78, 5) is 0. The van der Waals surface area contributed by atoms with Gasteiger partial charge in [0.15, 0.2) is 0 Å². The molecule has 2 N–H and O–H groups in total. The lowest BCUT2D eigenvalue weighted by Gasteiger charge is -2.27. The van der Waals surface area contributed by atoms with Crippen molar-refractivity contribution in [2.24, 2.45) is 0 Å². The fraction of sp³-hybridized carbons (Fsp3) is 0.364. The standard InChI is InChI=1S/C11H13N3O/c1-13-6-9-7-15-11-3-2-8(5-12)4-10(11)14-9/h2-4,9,13-14H,6-7H2,1H3. The van der Waals surface area contributed by atoms with E-state index in [9.17, 15) is 0 Å². The Morgan fingerprint density at radius 3 is 3.27 bits per heavy atom. The number of anilines is 1. The highest BCUT2D eigenvalue weighted by molar-refractivity contribution is 5.61. The number of nitrogens with zero attached hydrogens (tertiary/aromatic N) is 1. The van der Waals surface area contributed by atoms with Gasteiger partial charge in [-0.05, 0) is 25.2 Å². The molecule has 4 nitrogen and oxygen atoms in total. The molecule has 1 atom stereocenters. The van der Waals surface area contributed by atoms with Gasteiger partial charge in [-0.1, -0.05) is 0 Å². The number of nitriles is 1. The lowest BCUT2D eigenvalue weighted by molar-refractivity contribution is 0.282. The van der Waals surface area contributed by atoms with Crippen LogP contribution in [0.25, 0.3) is 0 Å². The van der Waals surface area contributed by atoms with Crippen LogP contribution in [0, 0.1) is 11.3 Å². The predicted molar refractivity (Wildman–Crippen MR) is 58.0 cm³/mol. The highest BCUT2D eigenvalue weighted by atomic mass is 16.5. The van der Waals surface area contributed by atoms with Gasteiger partial charge in [0.1, 0.15) is 12.4 Å². The number of hydrogen-bond donors (Lipinski definition) is 2. The summed E-state index contributed by atoms with van der Waals surface area (Å²) >= 11 is 0. The van der Waals surface area contributed by atoms with Gasteiger partial charge < -0.3 is 15.4 Å². The third-order valence-corrected chi connectivity index (χ3v) is 2.36. The van der Waals surface area contributed by atoms with Crippen LogP contribution in [0.2, 0.25) is 0 Å². The smallest absolute Gasteiger partial charge is 0.142 e. The van der Waals surface area contributed by atoms with Gasteiger partial charge in [-0.25, -0.2) is 0 Å². The summed E-state index contributed by atoms with van der Waals surface area (Å²) in [5.41, 5.74) is 1.55. The summed E-state index contributed by atoms with van der Waals surface area (Å²) in [7, 11) is 1.91. The van der Waals surface area contributed by atoms with Crippen LogP contribution < -0.4 is 15.4 Å². The Labute approximate surface area is 88.9 Å². The van der Waals surface area contributed by atoms with Gasteiger partial charge in [0.2, 0.25) is 0 Å². The van der Waals surface area contributed by atoms with Crippen LogP contribution in [-0.4, -0.2) is 26.2 Å². The van der Waals surface area contributed by atoms with E-state index in [4.69, 9.17) is 10.00 Å². The van der Waals surface area contributed by atoms with Crippen LogP contribution in [-0.2, 0) is 0 Å². The van der Waals surface area contributed by atoms with Crippen LogP contribution >= 0.6 is 0 Å². The molecule has 1 aromatic rings. The van der Waals surface area contributed by atoms with E-state index in [1.807, 2.05) is 19.2 Å². The number of benzene rings is 1. The van der Waals surface area contributed by atoms with Crippen molar-refractivity contribution in [3.63, 3.8) is 0 Å². The Balaban J connectivity index is 2.20. The maximum atomic E-state index is 8.78. The van der Waals surface area contributed by atoms with Gasteiger partial charge in [-0.2, -0.15) is 5.26 Å². The summed E-state index contributed by atoms with van der Waals surface area (Å²) in [5, 5.41) is 15.2. The van der Waals surface area contributed by atoms with E-state index in [1.54, 1.807) is 6.07 Å². The first kappa shape index (κ1) is 9.81. The van der Waals surface area contributed by atoms with Crippen molar-refractivity contribution < 1.29 is 4.74 Å². The van der Waals surface area contributed by atoms with Gasteiger partial charge >= 0.3 is 0 Å². The highest BCUT2D eigenvalue weighted by Crippen LogP contribution is 2.29. The van der Waals surface area contributed by atoms with E-state index in [1.165, 1.54) is 0 Å². The minimum Gasteiger partial charge on any atom is -0.489 e. The Morgan fingerprint density at radius 1 is 1.67 bits per heavy atom. The molecule has 0 fully saturated rings. The molecule has 0 saturated carbocycles. The number of rotatable bonds is 2. The van der Waals surface area contributed by atoms with E-state index >= 15 is 0 Å². The molecule has 4 heteroatoms. The molecule has 0 spiro atoms. The molecule has 15 heavy (non-hydrogen) atoms. The third kappa shape index (κ3) is 2.03. The quantitative estimate of drug-likeness (QED) is 0.751. The molecule has 0 radical (unpaired) electrons. The zero-order chi connectivity index (χ0) is 10.7. The summed E-state index contributed by atoms with van der Waals surface area (Å²) in [6.45, 7) is 1.50. The zero-order valence-electron chi connectivity index (χ0n) is 8.58. The SMILES string of the molecule is CNCC1COc2ccc(C#N)cc2N1. The van der Waals surface area contributed by atoms with E-state index in [-0.39, 0.29) is 6.04 Å². The summed E-state index contributed by atoms with van der Waals surface area (Å²) in [6.07, 6.45) is 0. The molecule has 1 aliphatic rings. The topological polar surface area (TPSA) is 57.1 Å². The second-order valence-electron chi connectivity index (χ2n) is 3.53. The Bertz CT molecular complexity index is 397. The largest absolute Gasteiger partial charge is 0.489 e. The lowest BCUT2D eigenvalue weighted by Crippen LogP contribution is -2.38. The van der Waals surface area contributed by atoms with Crippen molar-refractivity contribution in [1.29, 1.82) is 5.26 Å². The Kier molecular flexibility index (Phi) is 2.75. The van der Waals surface area contributed by atoms with E-state index in [2.05, 4.69) is 16.7 Å². The van der Waals surface area contributed by atoms with Crippen LogP contribution in [0.5, 0.6) is 5.75 Å². The van der Waals surface area contributed by atoms with E-state index in [0.717, 1.165) is 18.0 Å². The fourth-order valence-electron chi connectivity index (χ4n) is 1.65. The van der Waals surface area contributed by atoms with Crippen molar-refractivity contribution in [2.45, 2.75) is 6.04 Å². The maximum absolute atomic E-state index is 8.78. The molecular formula is C11H13N3O. The summed E-state index contributed by atoms with van der Waals surface area (Å²) < 4.78 is 5.58. The van der Waals surface area contributed by atoms with E-state index in [0.29, 0.717) is 12.2 Å². The van der Waals surface area contributed by atoms with E-state index < -0.39 is 0 Å². The van der Waals surface area contributed by atoms with Gasteiger partial charge in [0.05, 0.1) is 23.4 Å². The highest BCUT2D eigenvalue weighted by Gasteiger charge is 2.18. The van der Waals surface area contributed by atoms with Gasteiger partial charge in [0, 0.05) is 6.54 Å². The molecule has 1 heterocycles. The van der Waals surface area contributed by atoms with Crippen molar-refractivity contribution >= 4 is 5.69 Å². The Hall–Kier alpha value is -1.73. The van der Waals surface area contributed by atoms with Crippen molar-refractivity contribution in [1.82, 2.24) is 5.32 Å². The molecule has 0 aromatic heterocycles. The Morgan fingerprint density at radius 2 is 2.53 bits per heavy atom. The lowest BCUT2D eigenvalue weighted by atomic mass is 10.1. The number of hydrogen-bond acceptors (Lipinski definition) is 4. The number of fused-ring (bicyclic) bond motifs is 1. The fourth-order valence-corrected chi connectivity index (χ4v) is 1.65. The second kappa shape index (κ2) is 4.20. The van der Waals surface area contributed by atoms with Crippen LogP contribution in [0.15, 0.2) is 18.2 Å². The first-order valence-corrected chi connectivity index (χ1v) is 4.91. The van der Waals surface area contributed by atoms with Crippen LogP contribution in [0.3, 0.4) is 0 Å². The average Bonchev–Trinajstić information content (AvgIpc) is 2.28. The number of nitrogens with one attached hydrogen (secondary N) is 2. The van der Waals surface area contributed by atoms with Crippen molar-refractivity contribution in [3.8, 4) is 11.8 Å². The number of ether oxygens (including phenoxy) is 1. The maximum Gasteiger partial charge on any atom is 0.142 e. The van der Waals surface area contributed by atoms with Gasteiger partial charge in [-0.3, -0.25) is 0 Å². The van der Waals surface area contributed by atoms with Gasteiger partial charge in [0.25, 0.3) is 0 Å². The molecule has 1 aromatic carbocycles. The molecule has 2 rings (SSSR count). The molecule has 0 saturated heterocycles. The molecule has 1 unspecified atom stereocenters.